The number of hydrogen-bond acceptors (Lipinski definition) is 21. The number of benzene rings is 7. The van der Waals surface area contributed by atoms with Crippen molar-refractivity contribution in [2.75, 3.05) is 0 Å². The Kier molecular flexibility index (Phi) is 8.05. The Labute approximate surface area is 356 Å². The molecule has 0 aliphatic heterocycles. The van der Waals surface area contributed by atoms with Crippen molar-refractivity contribution in [2.45, 2.75) is 0 Å². The molecule has 0 aliphatic carbocycles. The Morgan fingerprint density at radius 2 is 0.662 bits per heavy atom. The molecule has 23 heteroatoms. The van der Waals surface area contributed by atoms with Crippen LogP contribution in [0.15, 0.2) is 42.5 Å². The topological polar surface area (TPSA) is 435 Å². The lowest BCUT2D eigenvalue weighted by Crippen LogP contribution is -1.99. The third-order valence-electron chi connectivity index (χ3n) is 11.1. The highest BCUT2D eigenvalue weighted by molar-refractivity contribution is 6.35. The van der Waals surface area contributed by atoms with Crippen LogP contribution in [0.2, 0.25) is 0 Å². The second kappa shape index (κ2) is 13.0. The molecule has 9 rings (SSSR count). The van der Waals surface area contributed by atoms with E-state index in [2.05, 4.69) is 0 Å². The zero-order chi connectivity index (χ0) is 47.3. The molecule has 0 unspecified atom stereocenters. The van der Waals surface area contributed by atoms with Gasteiger partial charge < -0.3 is 112 Å². The molecule has 0 bridgehead atoms. The number of hydrogen-bond donors (Lipinski definition) is 21. The minimum absolute atomic E-state index is 0.0304. The van der Waals surface area contributed by atoms with Crippen LogP contribution in [0.4, 0.5) is 0 Å². The van der Waals surface area contributed by atoms with Gasteiger partial charge in [-0.05, 0) is 29.8 Å². The van der Waals surface area contributed by atoms with E-state index in [-0.39, 0.29) is 16.8 Å². The number of phenolic OH excluding ortho intramolecular Hbond substituents is 21. The van der Waals surface area contributed by atoms with Gasteiger partial charge in [-0.2, -0.15) is 0 Å². The molecule has 65 heavy (non-hydrogen) atoms. The summed E-state index contributed by atoms with van der Waals surface area (Å²) in [4.78, 5) is 0. The number of phenols is 21. The second-order valence-corrected chi connectivity index (χ2v) is 14.6. The van der Waals surface area contributed by atoms with E-state index in [1.807, 2.05) is 0 Å². The van der Waals surface area contributed by atoms with Crippen LogP contribution in [0, 0.1) is 0 Å². The Hall–Kier alpha value is -10.1. The summed E-state index contributed by atoms with van der Waals surface area (Å²) in [5, 5.41) is 228. The zero-order valence-corrected chi connectivity index (χ0v) is 31.8. The molecule has 332 valence electrons. The maximum absolute atomic E-state index is 12.1. The van der Waals surface area contributed by atoms with Crippen LogP contribution in [-0.4, -0.2) is 116 Å². The van der Waals surface area contributed by atoms with Crippen LogP contribution in [0.1, 0.15) is 0 Å². The quantitative estimate of drug-likeness (QED) is 0.0813. The third-order valence-corrected chi connectivity index (χ3v) is 11.1. The number of aromatic nitrogens is 2. The van der Waals surface area contributed by atoms with Gasteiger partial charge >= 0.3 is 0 Å². The van der Waals surface area contributed by atoms with Gasteiger partial charge in [0.2, 0.25) is 40.2 Å². The van der Waals surface area contributed by atoms with Gasteiger partial charge in [0.25, 0.3) is 0 Å². The van der Waals surface area contributed by atoms with E-state index in [4.69, 9.17) is 0 Å². The van der Waals surface area contributed by atoms with Crippen LogP contribution >= 0.6 is 0 Å². The lowest BCUT2D eigenvalue weighted by molar-refractivity contribution is 0.329. The minimum Gasteiger partial charge on any atom is -0.508 e. The maximum Gasteiger partial charge on any atom is 0.208 e. The predicted molar refractivity (Wildman–Crippen MR) is 221 cm³/mol. The molecule has 9 aromatic rings. The first-order valence-corrected chi connectivity index (χ1v) is 18.1. The molecule has 0 radical (unpaired) electrons. The van der Waals surface area contributed by atoms with Gasteiger partial charge in [0.15, 0.2) is 63.2 Å². The molecule has 0 saturated heterocycles. The van der Waals surface area contributed by atoms with Gasteiger partial charge in [0.05, 0.1) is 33.3 Å². The SMILES string of the molecule is Oc1cc(O)cc(-c2ccc(-n3c4c(O)c(O)c(O)c(O)c4c4c5c6c(O)c(O)c(O)c(O)c6n(-c6cc(O)c(O)c(-c7c(O)c(O)c(O)c(O)c7O)c6O)c5c(O)c(O)c43)cc2O)c1. The van der Waals surface area contributed by atoms with E-state index in [1.54, 1.807) is 0 Å². The van der Waals surface area contributed by atoms with Crippen molar-refractivity contribution in [1.82, 2.24) is 9.13 Å². The van der Waals surface area contributed by atoms with Crippen molar-refractivity contribution in [1.29, 1.82) is 0 Å². The molecule has 7 aromatic carbocycles. The molecule has 0 fully saturated rings. The lowest BCUT2D eigenvalue weighted by Gasteiger charge is -2.19. The van der Waals surface area contributed by atoms with E-state index in [0.717, 1.165) is 16.7 Å². The summed E-state index contributed by atoms with van der Waals surface area (Å²) in [6, 6.07) is 7.18. The van der Waals surface area contributed by atoms with E-state index in [1.165, 1.54) is 24.3 Å². The minimum atomic E-state index is -1.53. The molecule has 0 aliphatic rings. The summed E-state index contributed by atoms with van der Waals surface area (Å²) < 4.78 is 1.24. The maximum atomic E-state index is 12.1. The highest BCUT2D eigenvalue weighted by Gasteiger charge is 2.38. The molecule has 0 saturated carbocycles. The molecule has 21 N–H and O–H groups in total. The first-order chi connectivity index (χ1) is 30.5. The Morgan fingerprint density at radius 1 is 0.277 bits per heavy atom. The van der Waals surface area contributed by atoms with Gasteiger partial charge in [-0.1, -0.05) is 0 Å². The summed E-state index contributed by atoms with van der Waals surface area (Å²) in [7, 11) is 0. The molecular formula is C42H28N2O21. The Bertz CT molecular complexity index is 3630. The van der Waals surface area contributed by atoms with Gasteiger partial charge in [-0.25, -0.2) is 0 Å². The highest BCUT2D eigenvalue weighted by atomic mass is 16.4. The van der Waals surface area contributed by atoms with Crippen molar-refractivity contribution >= 4 is 43.6 Å². The predicted octanol–water partition coefficient (Wildman–Crippen LogP) is 5.03. The summed E-state index contributed by atoms with van der Waals surface area (Å²) >= 11 is 0. The number of aromatic hydroxyl groups is 21. The zero-order valence-electron chi connectivity index (χ0n) is 31.8. The summed E-state index contributed by atoms with van der Waals surface area (Å²) in [5.74, 6) is -26.9. The third kappa shape index (κ3) is 4.98. The molecule has 2 aromatic heterocycles. The first-order valence-electron chi connectivity index (χ1n) is 18.1. The van der Waals surface area contributed by atoms with Crippen molar-refractivity contribution in [3.63, 3.8) is 0 Å². The molecule has 0 atom stereocenters. The Balaban J connectivity index is 1.53. The summed E-state index contributed by atoms with van der Waals surface area (Å²) in [6.07, 6.45) is 0. The van der Waals surface area contributed by atoms with Gasteiger partial charge in [0, 0.05) is 34.5 Å². The fraction of sp³-hybridized carbons (Fsp3) is 0. The van der Waals surface area contributed by atoms with Crippen molar-refractivity contribution in [2.24, 2.45) is 0 Å². The number of fused-ring (bicyclic) bond motifs is 7. The van der Waals surface area contributed by atoms with E-state index in [0.29, 0.717) is 10.6 Å². The smallest absolute Gasteiger partial charge is 0.208 e. The lowest BCUT2D eigenvalue weighted by atomic mass is 9.98. The molecule has 23 nitrogen and oxygen atoms in total. The average molecular weight is 897 g/mol. The number of nitrogens with zero attached hydrogens (tertiary/aromatic N) is 2. The largest absolute Gasteiger partial charge is 0.508 e. The van der Waals surface area contributed by atoms with Crippen LogP contribution in [0.25, 0.3) is 77.2 Å². The fourth-order valence-electron chi connectivity index (χ4n) is 8.24. The standard InChI is InChI=1S/C42H28N2O21/c45-10-3-8(4-11(46)6-10)12-2-1-9(5-14(12)47)43-22-16(18-24(43)34(57)40(63)36(59)28(18)51)17-19-25(35(58)41(64)37(60)29(19)52)44(23(17)33(56)32(22)55)13-7-15(48)27(50)20(26(13)49)21-30(53)38(61)42(65)39(62)31(21)54/h1-7,45-65H. The monoisotopic (exact) mass is 896 g/mol. The van der Waals surface area contributed by atoms with Crippen LogP contribution in [-0.2, 0) is 0 Å². The first kappa shape index (κ1) is 40.4. The van der Waals surface area contributed by atoms with Crippen molar-refractivity contribution in [3.8, 4) is 154 Å². The van der Waals surface area contributed by atoms with E-state index in [9.17, 15) is 107 Å². The average Bonchev–Trinajstić information content (AvgIpc) is 3.81. The van der Waals surface area contributed by atoms with E-state index >= 15 is 0 Å². The van der Waals surface area contributed by atoms with Crippen molar-refractivity contribution in [3.05, 3.63) is 42.5 Å². The molecule has 2 heterocycles. The van der Waals surface area contributed by atoms with Gasteiger partial charge in [-0.3, -0.25) is 4.57 Å². The Morgan fingerprint density at radius 3 is 1.15 bits per heavy atom. The van der Waals surface area contributed by atoms with Gasteiger partial charge in [0.1, 0.15) is 39.3 Å². The highest BCUT2D eigenvalue weighted by Crippen LogP contribution is 2.64. The van der Waals surface area contributed by atoms with Crippen LogP contribution < -0.4 is 0 Å². The normalized spacial score (nSPS) is 11.8. The molecule has 0 spiro atoms. The van der Waals surface area contributed by atoms with Crippen molar-refractivity contribution < 1.29 is 107 Å². The molecule has 0 amide bonds. The second-order valence-electron chi connectivity index (χ2n) is 14.6. The van der Waals surface area contributed by atoms with E-state index < -0.39 is 181 Å². The summed E-state index contributed by atoms with van der Waals surface area (Å²) in [6.45, 7) is 0. The number of rotatable bonds is 4. The summed E-state index contributed by atoms with van der Waals surface area (Å²) in [5.41, 5.74) is -7.25. The molecular weight excluding hydrogens is 868 g/mol. The van der Waals surface area contributed by atoms with Gasteiger partial charge in [-0.15, -0.1) is 0 Å². The van der Waals surface area contributed by atoms with Crippen LogP contribution in [0.3, 0.4) is 0 Å². The fourth-order valence-corrected chi connectivity index (χ4v) is 8.24. The van der Waals surface area contributed by atoms with Crippen LogP contribution in [0.5, 0.6) is 121 Å².